The second-order valence-electron chi connectivity index (χ2n) is 6.88. The van der Waals surface area contributed by atoms with E-state index in [0.29, 0.717) is 18.5 Å². The van der Waals surface area contributed by atoms with Crippen molar-refractivity contribution in [1.29, 1.82) is 0 Å². The average molecular weight is 376 g/mol. The molecule has 1 aliphatic rings. The molecule has 1 aromatic heterocycles. The lowest BCUT2D eigenvalue weighted by atomic mass is 10.2. The number of ether oxygens (including phenoxy) is 1. The molecule has 0 aromatic carbocycles. The molecule has 1 aliphatic heterocycles. The van der Waals surface area contributed by atoms with Crippen LogP contribution in [0.25, 0.3) is 0 Å². The number of aryl methyl sites for hydroxylation is 1. The Morgan fingerprint density at radius 3 is 2.71 bits per heavy atom. The van der Waals surface area contributed by atoms with Gasteiger partial charge in [0.1, 0.15) is 10.8 Å². The van der Waals surface area contributed by atoms with Gasteiger partial charge < -0.3 is 9.64 Å². The van der Waals surface area contributed by atoms with E-state index < -0.39 is 27.6 Å². The van der Waals surface area contributed by atoms with E-state index in [-0.39, 0.29) is 16.1 Å². The predicted octanol–water partition coefficient (Wildman–Crippen LogP) is 2.61. The monoisotopic (exact) mass is 375 g/mol. The third-order valence-electron chi connectivity index (χ3n) is 3.58. The summed E-state index contributed by atoms with van der Waals surface area (Å²) in [4.78, 5) is 21.4. The van der Waals surface area contributed by atoms with Crippen molar-refractivity contribution in [1.82, 2.24) is 14.9 Å². The van der Waals surface area contributed by atoms with Crippen molar-refractivity contribution < 1.29 is 17.9 Å². The molecule has 2 heterocycles. The van der Waals surface area contributed by atoms with E-state index in [1.54, 1.807) is 27.7 Å². The normalized spacial score (nSPS) is 18.7. The summed E-state index contributed by atoms with van der Waals surface area (Å²) in [6.45, 7) is 7.49. The molecule has 0 N–H and O–H groups in total. The van der Waals surface area contributed by atoms with Gasteiger partial charge in [-0.15, -0.1) is 0 Å². The van der Waals surface area contributed by atoms with Gasteiger partial charge in [0.2, 0.25) is 15.0 Å². The fourth-order valence-electron chi connectivity index (χ4n) is 2.45. The van der Waals surface area contributed by atoms with Gasteiger partial charge in [-0.3, -0.25) is 0 Å². The third-order valence-corrected chi connectivity index (χ3v) is 5.54. The lowest BCUT2D eigenvalue weighted by Crippen LogP contribution is -2.42. The zero-order chi connectivity index (χ0) is 18.1. The minimum absolute atomic E-state index is 0.110. The number of aromatic nitrogens is 2. The van der Waals surface area contributed by atoms with Crippen LogP contribution >= 0.6 is 11.6 Å². The standard InChI is InChI=1S/C15H22ClN3O4S/c1-10-8-17-13(18-12(10)16)24(21,22)9-11-6-5-7-19(11)14(20)23-15(2,3)4/h8,11H,5-7,9H2,1-4H3. The van der Waals surface area contributed by atoms with Gasteiger partial charge in [-0.25, -0.2) is 23.2 Å². The quantitative estimate of drug-likeness (QED) is 0.595. The van der Waals surface area contributed by atoms with Crippen molar-refractivity contribution in [2.45, 2.75) is 57.3 Å². The molecule has 1 saturated heterocycles. The molecule has 0 bridgehead atoms. The van der Waals surface area contributed by atoms with E-state index in [9.17, 15) is 13.2 Å². The van der Waals surface area contributed by atoms with Crippen LogP contribution in [0.5, 0.6) is 0 Å². The number of nitrogens with zero attached hydrogens (tertiary/aromatic N) is 3. The van der Waals surface area contributed by atoms with Gasteiger partial charge >= 0.3 is 6.09 Å². The number of carbonyl (C=O) groups excluding carboxylic acids is 1. The molecule has 1 fully saturated rings. The third kappa shape index (κ3) is 4.57. The van der Waals surface area contributed by atoms with E-state index in [1.165, 1.54) is 11.1 Å². The van der Waals surface area contributed by atoms with Gasteiger partial charge in [0.05, 0.1) is 5.75 Å². The molecule has 1 atom stereocenters. The molecule has 9 heteroatoms. The van der Waals surface area contributed by atoms with Crippen molar-refractivity contribution in [2.24, 2.45) is 0 Å². The van der Waals surface area contributed by atoms with Crippen molar-refractivity contribution >= 4 is 27.5 Å². The number of carbonyl (C=O) groups is 1. The van der Waals surface area contributed by atoms with Crippen LogP contribution in [0, 0.1) is 6.92 Å². The summed E-state index contributed by atoms with van der Waals surface area (Å²) < 4.78 is 30.4. The predicted molar refractivity (Wildman–Crippen MR) is 89.8 cm³/mol. The van der Waals surface area contributed by atoms with Gasteiger partial charge in [-0.05, 0) is 40.5 Å². The second kappa shape index (κ2) is 6.84. The van der Waals surface area contributed by atoms with Crippen molar-refractivity contribution in [2.75, 3.05) is 12.3 Å². The Kier molecular flexibility index (Phi) is 5.39. The highest BCUT2D eigenvalue weighted by Crippen LogP contribution is 2.24. The first kappa shape index (κ1) is 18.9. The lowest BCUT2D eigenvalue weighted by Gasteiger charge is -2.28. The SMILES string of the molecule is Cc1cnc(S(=O)(=O)CC2CCCN2C(=O)OC(C)(C)C)nc1Cl. The van der Waals surface area contributed by atoms with Crippen LogP contribution < -0.4 is 0 Å². The Bertz CT molecular complexity index is 731. The summed E-state index contributed by atoms with van der Waals surface area (Å²) in [7, 11) is -3.75. The van der Waals surface area contributed by atoms with Crippen molar-refractivity contribution in [3.63, 3.8) is 0 Å². The maximum Gasteiger partial charge on any atom is 0.410 e. The van der Waals surface area contributed by atoms with Crippen LogP contribution in [0.4, 0.5) is 4.79 Å². The molecule has 0 spiro atoms. The molecule has 1 unspecified atom stereocenters. The second-order valence-corrected chi connectivity index (χ2v) is 9.16. The molecule has 0 saturated carbocycles. The van der Waals surface area contributed by atoms with Gasteiger partial charge in [0.15, 0.2) is 0 Å². The number of likely N-dealkylation sites (tertiary alicyclic amines) is 1. The molecule has 1 amide bonds. The molecular formula is C15H22ClN3O4S. The number of hydrogen-bond acceptors (Lipinski definition) is 6. The summed E-state index contributed by atoms with van der Waals surface area (Å²) in [5, 5.41) is -0.201. The Morgan fingerprint density at radius 2 is 2.12 bits per heavy atom. The Labute approximate surface area is 147 Å². The fourth-order valence-corrected chi connectivity index (χ4v) is 4.08. The fraction of sp³-hybridized carbons (Fsp3) is 0.667. The smallest absolute Gasteiger partial charge is 0.410 e. The molecule has 7 nitrogen and oxygen atoms in total. The minimum atomic E-state index is -3.75. The first-order valence-electron chi connectivity index (χ1n) is 7.71. The van der Waals surface area contributed by atoms with E-state index in [1.807, 2.05) is 0 Å². The number of rotatable bonds is 3. The van der Waals surface area contributed by atoms with E-state index in [0.717, 1.165) is 6.42 Å². The number of halogens is 1. The Hall–Kier alpha value is -1.41. The molecule has 0 radical (unpaired) electrons. The maximum absolute atomic E-state index is 12.5. The summed E-state index contributed by atoms with van der Waals surface area (Å²) in [6, 6.07) is -0.450. The number of sulfone groups is 1. The minimum Gasteiger partial charge on any atom is -0.444 e. The first-order chi connectivity index (χ1) is 11.0. The van der Waals surface area contributed by atoms with Gasteiger partial charge in [-0.2, -0.15) is 0 Å². The van der Waals surface area contributed by atoms with Crippen LogP contribution in [0.15, 0.2) is 11.4 Å². The molecule has 24 heavy (non-hydrogen) atoms. The van der Waals surface area contributed by atoms with E-state index >= 15 is 0 Å². The highest BCUT2D eigenvalue weighted by Gasteiger charge is 2.36. The van der Waals surface area contributed by atoms with Crippen LogP contribution in [-0.2, 0) is 14.6 Å². The van der Waals surface area contributed by atoms with Crippen LogP contribution in [0.2, 0.25) is 5.15 Å². The van der Waals surface area contributed by atoms with Crippen molar-refractivity contribution in [3.05, 3.63) is 16.9 Å². The van der Waals surface area contributed by atoms with E-state index in [4.69, 9.17) is 16.3 Å². The highest BCUT2D eigenvalue weighted by atomic mass is 35.5. The molecule has 1 aromatic rings. The molecular weight excluding hydrogens is 354 g/mol. The topological polar surface area (TPSA) is 89.5 Å². The van der Waals surface area contributed by atoms with E-state index in [2.05, 4.69) is 9.97 Å². The summed E-state index contributed by atoms with van der Waals surface area (Å²) >= 11 is 5.89. The first-order valence-corrected chi connectivity index (χ1v) is 9.74. The summed E-state index contributed by atoms with van der Waals surface area (Å²) in [6.07, 6.45) is 2.21. The van der Waals surface area contributed by atoms with Gasteiger partial charge in [0.25, 0.3) is 0 Å². The number of hydrogen-bond donors (Lipinski definition) is 0. The van der Waals surface area contributed by atoms with Crippen LogP contribution in [-0.4, -0.2) is 53.3 Å². The summed E-state index contributed by atoms with van der Waals surface area (Å²) in [5.41, 5.74) is -0.0247. The highest BCUT2D eigenvalue weighted by molar-refractivity contribution is 7.91. The average Bonchev–Trinajstić information content (AvgIpc) is 2.87. The van der Waals surface area contributed by atoms with Crippen molar-refractivity contribution in [3.8, 4) is 0 Å². The lowest BCUT2D eigenvalue weighted by molar-refractivity contribution is 0.0241. The molecule has 134 valence electrons. The Balaban J connectivity index is 2.16. The molecule has 2 rings (SSSR count). The van der Waals surface area contributed by atoms with Gasteiger partial charge in [0, 0.05) is 24.3 Å². The van der Waals surface area contributed by atoms with Crippen LogP contribution in [0.3, 0.4) is 0 Å². The summed E-state index contributed by atoms with van der Waals surface area (Å²) in [5.74, 6) is -0.244. The molecule has 0 aliphatic carbocycles. The zero-order valence-electron chi connectivity index (χ0n) is 14.2. The number of amides is 1. The Morgan fingerprint density at radius 1 is 1.46 bits per heavy atom. The largest absolute Gasteiger partial charge is 0.444 e. The van der Waals surface area contributed by atoms with Crippen LogP contribution in [0.1, 0.15) is 39.2 Å². The van der Waals surface area contributed by atoms with Gasteiger partial charge in [-0.1, -0.05) is 11.6 Å². The maximum atomic E-state index is 12.5. The zero-order valence-corrected chi connectivity index (χ0v) is 15.8.